The molecule has 1 amide bonds. The van der Waals surface area contributed by atoms with Gasteiger partial charge in [0, 0.05) is 31.7 Å². The third kappa shape index (κ3) is 4.07. The monoisotopic (exact) mass is 393 g/mol. The van der Waals surface area contributed by atoms with Crippen LogP contribution in [-0.4, -0.2) is 68.1 Å². The van der Waals surface area contributed by atoms with Crippen molar-refractivity contribution in [3.8, 4) is 0 Å². The van der Waals surface area contributed by atoms with E-state index < -0.39 is 16.1 Å². The van der Waals surface area contributed by atoms with E-state index in [2.05, 4.69) is 5.32 Å². The summed E-state index contributed by atoms with van der Waals surface area (Å²) in [5.74, 6) is -0.246. The number of rotatable bonds is 5. The highest BCUT2D eigenvalue weighted by Crippen LogP contribution is 2.27. The highest BCUT2D eigenvalue weighted by Gasteiger charge is 2.40. The van der Waals surface area contributed by atoms with Gasteiger partial charge in [-0.25, -0.2) is 8.42 Å². The van der Waals surface area contributed by atoms with E-state index in [4.69, 9.17) is 0 Å². The van der Waals surface area contributed by atoms with Crippen LogP contribution in [0.3, 0.4) is 0 Å². The Morgan fingerprint density at radius 3 is 2.44 bits per heavy atom. The Labute approximate surface area is 160 Å². The topological polar surface area (TPSA) is 86.8 Å². The van der Waals surface area contributed by atoms with Crippen LogP contribution in [-0.2, 0) is 14.8 Å². The fourth-order valence-electron chi connectivity index (χ4n) is 3.82. The van der Waals surface area contributed by atoms with E-state index in [1.165, 1.54) is 35.5 Å². The summed E-state index contributed by atoms with van der Waals surface area (Å²) >= 11 is 0. The summed E-state index contributed by atoms with van der Waals surface area (Å²) in [6.45, 7) is 3.40. The van der Waals surface area contributed by atoms with Crippen LogP contribution in [0.25, 0.3) is 0 Å². The summed E-state index contributed by atoms with van der Waals surface area (Å²) in [5.41, 5.74) is 0.466. The van der Waals surface area contributed by atoms with Gasteiger partial charge in [0.15, 0.2) is 5.78 Å². The summed E-state index contributed by atoms with van der Waals surface area (Å²) in [5, 5.41) is 3.24. The molecule has 0 aromatic heterocycles. The maximum atomic E-state index is 13.2. The third-order valence-electron chi connectivity index (χ3n) is 5.54. The first-order valence-corrected chi connectivity index (χ1v) is 10.9. The Bertz CT molecular complexity index is 801. The molecule has 2 atom stereocenters. The van der Waals surface area contributed by atoms with Gasteiger partial charge < -0.3 is 10.2 Å². The van der Waals surface area contributed by atoms with Crippen molar-refractivity contribution in [3.05, 3.63) is 29.8 Å². The molecule has 0 radical (unpaired) electrons. The summed E-state index contributed by atoms with van der Waals surface area (Å²) in [6, 6.07) is 5.39. The van der Waals surface area contributed by atoms with E-state index in [9.17, 15) is 18.0 Å². The average molecular weight is 394 g/mol. The van der Waals surface area contributed by atoms with Gasteiger partial charge in [-0.3, -0.25) is 9.59 Å². The van der Waals surface area contributed by atoms with Crippen molar-refractivity contribution in [1.29, 1.82) is 0 Å². The van der Waals surface area contributed by atoms with Crippen LogP contribution in [0.15, 0.2) is 29.2 Å². The number of Topliss-reactive ketones (excluding diaryl/α,β-unsaturated/α-hetero) is 1. The molecule has 3 rings (SSSR count). The molecule has 148 valence electrons. The normalized spacial score (nSPS) is 23.9. The van der Waals surface area contributed by atoms with Crippen molar-refractivity contribution in [2.24, 2.45) is 0 Å². The Morgan fingerprint density at radius 2 is 1.85 bits per heavy atom. The Balaban J connectivity index is 1.85. The van der Waals surface area contributed by atoms with E-state index in [1.54, 1.807) is 11.9 Å². The van der Waals surface area contributed by atoms with Crippen LogP contribution >= 0.6 is 0 Å². The molecule has 27 heavy (non-hydrogen) atoms. The van der Waals surface area contributed by atoms with Gasteiger partial charge in [0.05, 0.1) is 4.90 Å². The smallest absolute Gasteiger partial charge is 0.243 e. The highest BCUT2D eigenvalue weighted by atomic mass is 32.2. The van der Waals surface area contributed by atoms with Crippen molar-refractivity contribution >= 4 is 21.7 Å². The molecule has 0 aliphatic carbocycles. The van der Waals surface area contributed by atoms with Crippen LogP contribution in [0.5, 0.6) is 0 Å². The minimum absolute atomic E-state index is 0.110. The van der Waals surface area contributed by atoms with Crippen LogP contribution in [0.2, 0.25) is 0 Å². The van der Waals surface area contributed by atoms with Crippen molar-refractivity contribution in [3.63, 3.8) is 0 Å². The van der Waals surface area contributed by atoms with E-state index in [0.717, 1.165) is 32.4 Å². The Morgan fingerprint density at radius 1 is 1.15 bits per heavy atom. The molecule has 2 saturated heterocycles. The molecule has 2 unspecified atom stereocenters. The molecular formula is C19H27N3O4S. The number of piperidine rings is 1. The van der Waals surface area contributed by atoms with Crippen LogP contribution in [0.4, 0.5) is 0 Å². The number of nitrogens with zero attached hydrogens (tertiary/aromatic N) is 2. The second-order valence-electron chi connectivity index (χ2n) is 7.30. The lowest BCUT2D eigenvalue weighted by Gasteiger charge is -2.37. The molecule has 0 bridgehead atoms. The zero-order chi connectivity index (χ0) is 19.6. The van der Waals surface area contributed by atoms with Gasteiger partial charge in [-0.1, -0.05) is 18.6 Å². The summed E-state index contributed by atoms with van der Waals surface area (Å²) in [4.78, 5) is 26.3. The number of sulfonamides is 1. The fraction of sp³-hybridized carbons (Fsp3) is 0.579. The molecule has 7 nitrogen and oxygen atoms in total. The zero-order valence-corrected chi connectivity index (χ0v) is 16.7. The summed E-state index contributed by atoms with van der Waals surface area (Å²) in [6.07, 6.45) is 2.99. The van der Waals surface area contributed by atoms with E-state index in [0.29, 0.717) is 18.5 Å². The number of hydrogen-bond acceptors (Lipinski definition) is 5. The number of carbonyl (C=O) groups excluding carboxylic acids is 2. The number of ketones is 1. The van der Waals surface area contributed by atoms with E-state index in [-0.39, 0.29) is 22.6 Å². The predicted octanol–water partition coefficient (Wildman–Crippen LogP) is 1.25. The molecule has 2 aliphatic rings. The van der Waals surface area contributed by atoms with Gasteiger partial charge in [-0.2, -0.15) is 4.31 Å². The lowest BCUT2D eigenvalue weighted by molar-refractivity contribution is -0.136. The molecule has 1 aromatic rings. The van der Waals surface area contributed by atoms with Crippen LogP contribution < -0.4 is 5.32 Å². The Hall–Kier alpha value is -1.77. The quantitative estimate of drug-likeness (QED) is 0.761. The predicted molar refractivity (Wildman–Crippen MR) is 102 cm³/mol. The summed E-state index contributed by atoms with van der Waals surface area (Å²) in [7, 11) is -2.03. The minimum Gasteiger partial charge on any atom is -0.340 e. The number of benzene rings is 1. The number of nitrogens with one attached hydrogen (secondary N) is 1. The summed E-state index contributed by atoms with van der Waals surface area (Å²) < 4.78 is 27.7. The maximum Gasteiger partial charge on any atom is 0.243 e. The molecule has 0 saturated carbocycles. The van der Waals surface area contributed by atoms with E-state index in [1.807, 2.05) is 0 Å². The van der Waals surface area contributed by atoms with Gasteiger partial charge in [0.2, 0.25) is 15.9 Å². The molecule has 2 aliphatic heterocycles. The van der Waals surface area contributed by atoms with Crippen molar-refractivity contribution in [2.45, 2.75) is 49.6 Å². The standard InChI is InChI=1S/C19H27N3O4S/c1-14(23)15-6-8-17(9-7-15)27(25,26)22-12-4-3-5-18(22)19(24)21(2)16-10-11-20-13-16/h6-9,16,18,20H,3-5,10-13H2,1-2H3. The average Bonchev–Trinajstić information content (AvgIpc) is 3.21. The molecule has 2 fully saturated rings. The zero-order valence-electron chi connectivity index (χ0n) is 15.8. The minimum atomic E-state index is -3.80. The van der Waals surface area contributed by atoms with Crippen LogP contribution in [0.1, 0.15) is 43.0 Å². The fourth-order valence-corrected chi connectivity index (χ4v) is 5.47. The lowest BCUT2D eigenvalue weighted by Crippen LogP contribution is -2.54. The molecular weight excluding hydrogens is 366 g/mol. The maximum absolute atomic E-state index is 13.2. The lowest BCUT2D eigenvalue weighted by atomic mass is 10.0. The van der Waals surface area contributed by atoms with Gasteiger partial charge in [-0.15, -0.1) is 0 Å². The molecule has 2 heterocycles. The number of amides is 1. The molecule has 1 N–H and O–H groups in total. The second kappa shape index (κ2) is 8.08. The molecule has 8 heteroatoms. The van der Waals surface area contributed by atoms with Gasteiger partial charge >= 0.3 is 0 Å². The van der Waals surface area contributed by atoms with Crippen molar-refractivity contribution in [1.82, 2.24) is 14.5 Å². The first-order chi connectivity index (χ1) is 12.8. The highest BCUT2D eigenvalue weighted by molar-refractivity contribution is 7.89. The van der Waals surface area contributed by atoms with Gasteiger partial charge in [0.25, 0.3) is 0 Å². The number of likely N-dealkylation sites (N-methyl/N-ethyl adjacent to an activating group) is 1. The van der Waals surface area contributed by atoms with Gasteiger partial charge in [-0.05, 0) is 44.9 Å². The molecule has 1 aromatic carbocycles. The van der Waals surface area contributed by atoms with Crippen molar-refractivity contribution < 1.29 is 18.0 Å². The third-order valence-corrected chi connectivity index (χ3v) is 7.46. The van der Waals surface area contributed by atoms with E-state index >= 15 is 0 Å². The van der Waals surface area contributed by atoms with Gasteiger partial charge in [0.1, 0.15) is 6.04 Å². The number of hydrogen-bond donors (Lipinski definition) is 1. The molecule has 0 spiro atoms. The van der Waals surface area contributed by atoms with Crippen LogP contribution in [0, 0.1) is 0 Å². The largest absolute Gasteiger partial charge is 0.340 e. The first-order valence-electron chi connectivity index (χ1n) is 9.42. The second-order valence-corrected chi connectivity index (χ2v) is 9.19. The Kier molecular flexibility index (Phi) is 5.98. The SMILES string of the molecule is CC(=O)c1ccc(S(=O)(=O)N2CCCCC2C(=O)N(C)C2CCNC2)cc1. The first kappa shape index (κ1) is 20.0. The number of carbonyl (C=O) groups is 2. The van der Waals surface area contributed by atoms with Crippen molar-refractivity contribution in [2.75, 3.05) is 26.7 Å².